The minimum Gasteiger partial charge on any atom is -0.392 e. The average molecular weight is 348 g/mol. The van der Waals surface area contributed by atoms with E-state index in [1.165, 1.54) is 11.3 Å². The third kappa shape index (κ3) is 2.73. The topological polar surface area (TPSA) is 53.4 Å². The van der Waals surface area contributed by atoms with Crippen molar-refractivity contribution in [3.05, 3.63) is 28.6 Å². The number of carbonyl (C=O) groups is 1. The van der Waals surface area contributed by atoms with E-state index in [1.807, 2.05) is 27.8 Å². The van der Waals surface area contributed by atoms with Crippen LogP contribution in [0.5, 0.6) is 0 Å². The monoisotopic (exact) mass is 348 g/mol. The Labute approximate surface area is 143 Å². The van der Waals surface area contributed by atoms with Crippen LogP contribution in [0.2, 0.25) is 0 Å². The number of rotatable bonds is 2. The molecule has 3 heterocycles. The Bertz CT molecular complexity index is 697. The third-order valence-electron chi connectivity index (χ3n) is 5.21. The molecule has 0 aromatic carbocycles. The molecule has 1 saturated heterocycles. The molecule has 2 atom stereocenters. The smallest absolute Gasteiger partial charge is 0.273 e. The van der Waals surface area contributed by atoms with Crippen molar-refractivity contribution in [1.82, 2.24) is 9.88 Å². The van der Waals surface area contributed by atoms with Gasteiger partial charge in [-0.1, -0.05) is 12.5 Å². The second-order valence-electron chi connectivity index (χ2n) is 6.62. The van der Waals surface area contributed by atoms with Crippen molar-refractivity contribution < 1.29 is 9.90 Å². The van der Waals surface area contributed by atoms with Gasteiger partial charge in [-0.05, 0) is 37.1 Å². The van der Waals surface area contributed by atoms with Crippen LogP contribution < -0.4 is 0 Å². The second-order valence-corrected chi connectivity index (χ2v) is 8.42. The zero-order valence-electron chi connectivity index (χ0n) is 12.9. The first-order valence-corrected chi connectivity index (χ1v) is 9.91. The van der Waals surface area contributed by atoms with Crippen molar-refractivity contribution in [2.24, 2.45) is 5.41 Å². The summed E-state index contributed by atoms with van der Waals surface area (Å²) in [7, 11) is 0. The Balaban J connectivity index is 1.53. The fourth-order valence-corrected chi connectivity index (χ4v) is 5.59. The molecule has 0 radical (unpaired) electrons. The minimum absolute atomic E-state index is 0.0160. The summed E-state index contributed by atoms with van der Waals surface area (Å²) >= 11 is 3.17. The van der Waals surface area contributed by atoms with E-state index >= 15 is 0 Å². The van der Waals surface area contributed by atoms with Crippen molar-refractivity contribution in [3.63, 3.8) is 0 Å². The Morgan fingerprint density at radius 2 is 2.22 bits per heavy atom. The number of hydrogen-bond acceptors (Lipinski definition) is 5. The lowest BCUT2D eigenvalue weighted by atomic mass is 9.76. The van der Waals surface area contributed by atoms with Gasteiger partial charge >= 0.3 is 0 Å². The number of carbonyl (C=O) groups excluding carboxylic acids is 1. The van der Waals surface area contributed by atoms with E-state index in [9.17, 15) is 9.90 Å². The van der Waals surface area contributed by atoms with Gasteiger partial charge in [0.1, 0.15) is 10.7 Å². The van der Waals surface area contributed by atoms with Gasteiger partial charge in [-0.15, -0.1) is 22.7 Å². The summed E-state index contributed by atoms with van der Waals surface area (Å²) in [5, 5.41) is 15.2. The van der Waals surface area contributed by atoms with E-state index in [4.69, 9.17) is 0 Å². The normalized spacial score (nSPS) is 27.7. The lowest BCUT2D eigenvalue weighted by molar-refractivity contribution is -0.00552. The molecule has 23 heavy (non-hydrogen) atoms. The molecular formula is C17H20N2O2S2. The molecule has 1 saturated carbocycles. The molecule has 6 heteroatoms. The summed E-state index contributed by atoms with van der Waals surface area (Å²) in [5.74, 6) is 0.0160. The van der Waals surface area contributed by atoms with E-state index in [-0.39, 0.29) is 17.4 Å². The standard InChI is InChI=1S/C17H20N2O2S2/c20-14-5-1-6-17(14)7-3-8-19(11-17)16(21)12-10-23-15(18-12)13-4-2-9-22-13/h2,4,9-10,14,20H,1,3,5-8,11H2/t14-,17-/m1/s1. The molecule has 2 aromatic rings. The van der Waals surface area contributed by atoms with E-state index in [0.29, 0.717) is 12.2 Å². The fraction of sp³-hybridized carbons (Fsp3) is 0.529. The Morgan fingerprint density at radius 1 is 1.35 bits per heavy atom. The zero-order valence-corrected chi connectivity index (χ0v) is 14.5. The average Bonchev–Trinajstić information content (AvgIpc) is 3.29. The highest BCUT2D eigenvalue weighted by Gasteiger charge is 2.45. The number of aliphatic hydroxyl groups excluding tert-OH is 1. The van der Waals surface area contributed by atoms with Crippen LogP contribution in [0.3, 0.4) is 0 Å². The zero-order chi connectivity index (χ0) is 15.9. The van der Waals surface area contributed by atoms with Crippen molar-refractivity contribution in [3.8, 4) is 9.88 Å². The maximum absolute atomic E-state index is 12.8. The van der Waals surface area contributed by atoms with Gasteiger partial charge in [-0.25, -0.2) is 4.98 Å². The van der Waals surface area contributed by atoms with E-state index in [1.54, 1.807) is 11.3 Å². The lowest BCUT2D eigenvalue weighted by Gasteiger charge is -2.42. The summed E-state index contributed by atoms with van der Waals surface area (Å²) in [6, 6.07) is 4.03. The number of amides is 1. The quantitative estimate of drug-likeness (QED) is 0.901. The number of likely N-dealkylation sites (tertiary alicyclic amines) is 1. The SMILES string of the molecule is O=C(c1csc(-c2cccs2)n1)N1CCC[C@]2(CCC[C@H]2O)C1. The molecule has 1 aliphatic carbocycles. The predicted molar refractivity (Wildman–Crippen MR) is 92.9 cm³/mol. The number of aromatic nitrogens is 1. The van der Waals surface area contributed by atoms with Gasteiger partial charge in [-0.2, -0.15) is 0 Å². The lowest BCUT2D eigenvalue weighted by Crippen LogP contribution is -2.49. The van der Waals surface area contributed by atoms with Gasteiger partial charge in [0.2, 0.25) is 0 Å². The van der Waals surface area contributed by atoms with Crippen LogP contribution in [0.15, 0.2) is 22.9 Å². The third-order valence-corrected chi connectivity index (χ3v) is 7.09. The number of hydrogen-bond donors (Lipinski definition) is 1. The van der Waals surface area contributed by atoms with Crippen molar-refractivity contribution >= 4 is 28.6 Å². The molecule has 4 nitrogen and oxygen atoms in total. The van der Waals surface area contributed by atoms with E-state index < -0.39 is 0 Å². The van der Waals surface area contributed by atoms with Gasteiger partial charge in [0, 0.05) is 23.9 Å². The highest BCUT2D eigenvalue weighted by molar-refractivity contribution is 7.20. The fourth-order valence-electron chi connectivity index (χ4n) is 3.98. The van der Waals surface area contributed by atoms with Crippen LogP contribution in [0.4, 0.5) is 0 Å². The Morgan fingerprint density at radius 3 is 2.96 bits per heavy atom. The highest BCUT2D eigenvalue weighted by Crippen LogP contribution is 2.45. The van der Waals surface area contributed by atoms with Gasteiger partial charge in [-0.3, -0.25) is 4.79 Å². The molecular weight excluding hydrogens is 328 g/mol. The van der Waals surface area contributed by atoms with Crippen molar-refractivity contribution in [2.45, 2.75) is 38.2 Å². The molecule has 2 aromatic heterocycles. The van der Waals surface area contributed by atoms with Crippen LogP contribution >= 0.6 is 22.7 Å². The van der Waals surface area contributed by atoms with Crippen LogP contribution in [0.25, 0.3) is 9.88 Å². The number of thiazole rings is 1. The number of aliphatic hydroxyl groups is 1. The second kappa shape index (κ2) is 6.00. The first-order chi connectivity index (χ1) is 11.2. The number of thiophene rings is 1. The molecule has 4 rings (SSSR count). The highest BCUT2D eigenvalue weighted by atomic mass is 32.1. The first-order valence-electron chi connectivity index (χ1n) is 8.15. The molecule has 2 aliphatic rings. The predicted octanol–water partition coefficient (Wildman–Crippen LogP) is 3.64. The van der Waals surface area contributed by atoms with Gasteiger partial charge in [0.05, 0.1) is 11.0 Å². The van der Waals surface area contributed by atoms with Crippen LogP contribution in [0.1, 0.15) is 42.6 Å². The van der Waals surface area contributed by atoms with Gasteiger partial charge in [0.25, 0.3) is 5.91 Å². The molecule has 0 bridgehead atoms. The molecule has 1 amide bonds. The molecule has 0 unspecified atom stereocenters. The largest absolute Gasteiger partial charge is 0.392 e. The Kier molecular flexibility index (Phi) is 3.99. The molecule has 1 spiro atoms. The summed E-state index contributed by atoms with van der Waals surface area (Å²) in [5.41, 5.74) is 0.475. The molecule has 1 N–H and O–H groups in total. The van der Waals surface area contributed by atoms with Crippen LogP contribution in [-0.2, 0) is 0 Å². The maximum Gasteiger partial charge on any atom is 0.273 e. The van der Waals surface area contributed by atoms with E-state index in [2.05, 4.69) is 4.98 Å². The van der Waals surface area contributed by atoms with Crippen LogP contribution in [0, 0.1) is 5.41 Å². The summed E-state index contributed by atoms with van der Waals surface area (Å²) in [6.45, 7) is 1.46. The van der Waals surface area contributed by atoms with Gasteiger partial charge < -0.3 is 10.0 Å². The maximum atomic E-state index is 12.8. The summed E-state index contributed by atoms with van der Waals surface area (Å²) < 4.78 is 0. The minimum atomic E-state index is -0.254. The Hall–Kier alpha value is -1.24. The van der Waals surface area contributed by atoms with Crippen molar-refractivity contribution in [2.75, 3.05) is 13.1 Å². The molecule has 2 fully saturated rings. The van der Waals surface area contributed by atoms with Crippen molar-refractivity contribution in [1.29, 1.82) is 0 Å². The molecule has 122 valence electrons. The number of nitrogens with zero attached hydrogens (tertiary/aromatic N) is 2. The first kappa shape index (κ1) is 15.3. The molecule has 1 aliphatic heterocycles. The van der Waals surface area contributed by atoms with Crippen LogP contribution in [-0.4, -0.2) is 40.1 Å². The summed E-state index contributed by atoms with van der Waals surface area (Å²) in [4.78, 5) is 20.4. The van der Waals surface area contributed by atoms with Gasteiger partial charge in [0.15, 0.2) is 0 Å². The number of piperidine rings is 1. The summed E-state index contributed by atoms with van der Waals surface area (Å²) in [6.07, 6.45) is 4.74. The van der Waals surface area contributed by atoms with E-state index in [0.717, 1.165) is 48.5 Å².